The van der Waals surface area contributed by atoms with E-state index in [1.807, 2.05) is 0 Å². The lowest BCUT2D eigenvalue weighted by Crippen LogP contribution is -2.54. The molecule has 0 amide bonds. The van der Waals surface area contributed by atoms with Crippen molar-refractivity contribution in [1.29, 1.82) is 0 Å². The number of fused-ring (bicyclic) bond motifs is 5. The first-order valence-corrected chi connectivity index (χ1v) is 13.4. The molecule has 4 aliphatic carbocycles. The van der Waals surface area contributed by atoms with E-state index >= 15 is 0 Å². The van der Waals surface area contributed by atoms with Gasteiger partial charge in [0.2, 0.25) is 0 Å². The molecule has 3 fully saturated rings. The fraction of sp³-hybridized carbons (Fsp3) is 0.931. The Bertz CT molecular complexity index is 659. The highest BCUT2D eigenvalue weighted by atomic mass is 16.3. The fourth-order valence-electron chi connectivity index (χ4n) is 9.41. The number of aliphatic hydroxyl groups is 1. The van der Waals surface area contributed by atoms with Crippen LogP contribution in [-0.4, -0.2) is 11.2 Å². The topological polar surface area (TPSA) is 20.2 Å². The molecule has 0 spiro atoms. The lowest BCUT2D eigenvalue weighted by atomic mass is 9.44. The minimum atomic E-state index is -0.162. The van der Waals surface area contributed by atoms with Crippen molar-refractivity contribution in [3.63, 3.8) is 0 Å². The Hall–Kier alpha value is -0.300. The highest BCUT2D eigenvalue weighted by Crippen LogP contribution is 2.68. The third-order valence-corrected chi connectivity index (χ3v) is 11.1. The van der Waals surface area contributed by atoms with Gasteiger partial charge in [0.15, 0.2) is 0 Å². The van der Waals surface area contributed by atoms with Crippen LogP contribution in [-0.2, 0) is 0 Å². The van der Waals surface area contributed by atoms with Crippen LogP contribution in [0.3, 0.4) is 0 Å². The molecule has 1 N–H and O–H groups in total. The molecule has 0 unspecified atom stereocenters. The number of hydrogen-bond acceptors (Lipinski definition) is 1. The molecular weight excluding hydrogens is 364 g/mol. The summed E-state index contributed by atoms with van der Waals surface area (Å²) < 4.78 is 0. The Balaban J connectivity index is 1.54. The number of aliphatic hydroxyl groups excluding tert-OH is 1. The van der Waals surface area contributed by atoms with Crippen LogP contribution in [0, 0.1) is 51.8 Å². The second kappa shape index (κ2) is 7.93. The first kappa shape index (κ1) is 22.9. The maximum atomic E-state index is 10.7. The Kier molecular flexibility index (Phi) is 6.05. The molecule has 0 aromatic carbocycles. The summed E-state index contributed by atoms with van der Waals surface area (Å²) in [4.78, 5) is 0. The molecule has 0 bridgehead atoms. The third-order valence-electron chi connectivity index (χ3n) is 11.1. The summed E-state index contributed by atoms with van der Waals surface area (Å²) >= 11 is 0. The molecule has 1 nitrogen and oxygen atoms in total. The summed E-state index contributed by atoms with van der Waals surface area (Å²) in [6, 6.07) is 0. The average Bonchev–Trinajstić information content (AvgIpc) is 3.02. The molecule has 4 rings (SSSR count). The van der Waals surface area contributed by atoms with E-state index in [1.54, 1.807) is 5.57 Å². The van der Waals surface area contributed by atoms with Crippen molar-refractivity contribution in [1.82, 2.24) is 0 Å². The van der Waals surface area contributed by atoms with E-state index in [2.05, 4.69) is 54.5 Å². The zero-order chi connectivity index (χ0) is 21.9. The predicted octanol–water partition coefficient (Wildman–Crippen LogP) is 8.02. The SMILES string of the molecule is CC(C)CCC[C@H](C)[C@@H]1CC[C@@H]2[C@H]3CC=C4C(C)(C)[C@@H](O)CC[C@]4(C)[C@@H]3CC[C@]21C. The molecule has 8 atom stereocenters. The maximum Gasteiger partial charge on any atom is 0.0628 e. The molecular formula is C29H50O. The normalized spacial score (nSPS) is 46.0. The van der Waals surface area contributed by atoms with Gasteiger partial charge in [-0.3, -0.25) is 0 Å². The van der Waals surface area contributed by atoms with Crippen LogP contribution < -0.4 is 0 Å². The zero-order valence-electron chi connectivity index (χ0n) is 21.1. The smallest absolute Gasteiger partial charge is 0.0628 e. The van der Waals surface area contributed by atoms with Gasteiger partial charge in [-0.25, -0.2) is 0 Å². The van der Waals surface area contributed by atoms with Gasteiger partial charge in [-0.15, -0.1) is 0 Å². The van der Waals surface area contributed by atoms with Crippen LogP contribution in [0.15, 0.2) is 11.6 Å². The molecule has 0 saturated heterocycles. The molecule has 0 radical (unpaired) electrons. The lowest BCUT2D eigenvalue weighted by Gasteiger charge is -2.61. The Labute approximate surface area is 187 Å². The molecule has 172 valence electrons. The van der Waals surface area contributed by atoms with Crippen molar-refractivity contribution >= 4 is 0 Å². The lowest BCUT2D eigenvalue weighted by molar-refractivity contribution is -0.0782. The zero-order valence-corrected chi connectivity index (χ0v) is 21.1. The number of allylic oxidation sites excluding steroid dienone is 1. The molecule has 4 aliphatic rings. The summed E-state index contributed by atoms with van der Waals surface area (Å²) in [5.74, 6) is 5.34. The predicted molar refractivity (Wildman–Crippen MR) is 128 cm³/mol. The largest absolute Gasteiger partial charge is 0.392 e. The highest BCUT2D eigenvalue weighted by Gasteiger charge is 2.61. The Morgan fingerprint density at radius 3 is 2.37 bits per heavy atom. The fourth-order valence-corrected chi connectivity index (χ4v) is 9.41. The van der Waals surface area contributed by atoms with Crippen molar-refractivity contribution in [3.05, 3.63) is 11.6 Å². The van der Waals surface area contributed by atoms with E-state index in [-0.39, 0.29) is 11.5 Å². The summed E-state index contributed by atoms with van der Waals surface area (Å²) in [6.45, 7) is 17.2. The highest BCUT2D eigenvalue weighted by molar-refractivity contribution is 5.31. The minimum Gasteiger partial charge on any atom is -0.392 e. The average molecular weight is 415 g/mol. The maximum absolute atomic E-state index is 10.7. The quantitative estimate of drug-likeness (QED) is 0.451. The first-order valence-electron chi connectivity index (χ1n) is 13.4. The van der Waals surface area contributed by atoms with Gasteiger partial charge in [-0.2, -0.15) is 0 Å². The second-order valence-electron chi connectivity index (χ2n) is 13.5. The number of rotatable bonds is 5. The van der Waals surface area contributed by atoms with Crippen molar-refractivity contribution in [2.75, 3.05) is 0 Å². The Morgan fingerprint density at radius 2 is 1.67 bits per heavy atom. The third kappa shape index (κ3) is 3.45. The van der Waals surface area contributed by atoms with Crippen LogP contribution in [0.2, 0.25) is 0 Å². The summed E-state index contributed by atoms with van der Waals surface area (Å²) in [5.41, 5.74) is 2.47. The van der Waals surface area contributed by atoms with Crippen LogP contribution in [0.4, 0.5) is 0 Å². The number of hydrogen-bond donors (Lipinski definition) is 1. The van der Waals surface area contributed by atoms with Gasteiger partial charge in [-0.05, 0) is 91.3 Å². The van der Waals surface area contributed by atoms with E-state index < -0.39 is 0 Å². The van der Waals surface area contributed by atoms with Crippen LogP contribution >= 0.6 is 0 Å². The summed E-state index contributed by atoms with van der Waals surface area (Å²) in [6.07, 6.45) is 16.0. The molecule has 0 aliphatic heterocycles. The summed E-state index contributed by atoms with van der Waals surface area (Å²) in [7, 11) is 0. The van der Waals surface area contributed by atoms with Gasteiger partial charge in [0.05, 0.1) is 6.10 Å². The monoisotopic (exact) mass is 414 g/mol. The van der Waals surface area contributed by atoms with Gasteiger partial charge in [-0.1, -0.05) is 79.4 Å². The molecule has 0 heterocycles. The van der Waals surface area contributed by atoms with Gasteiger partial charge in [0, 0.05) is 5.41 Å². The molecule has 0 aromatic heterocycles. The second-order valence-corrected chi connectivity index (χ2v) is 13.5. The van der Waals surface area contributed by atoms with Crippen molar-refractivity contribution in [2.24, 2.45) is 51.8 Å². The van der Waals surface area contributed by atoms with Gasteiger partial charge in [0.25, 0.3) is 0 Å². The Morgan fingerprint density at radius 1 is 0.933 bits per heavy atom. The van der Waals surface area contributed by atoms with E-state index in [9.17, 15) is 5.11 Å². The standard InChI is InChI=1S/C29H50O/c1-19(2)9-8-10-20(3)22-12-13-23-21-11-14-25-27(4,5)26(30)16-18-29(25,7)24(21)15-17-28(22,23)6/h14,19-24,26,30H,8-13,15-18H2,1-7H3/t20-,21+,22-,23+,24+,26-,28-,29+/m0/s1. The molecule has 0 aromatic rings. The van der Waals surface area contributed by atoms with Crippen molar-refractivity contribution in [3.8, 4) is 0 Å². The van der Waals surface area contributed by atoms with Crippen LogP contribution in [0.5, 0.6) is 0 Å². The van der Waals surface area contributed by atoms with Crippen molar-refractivity contribution in [2.45, 2.75) is 119 Å². The van der Waals surface area contributed by atoms with E-state index in [0.717, 1.165) is 41.9 Å². The molecule has 30 heavy (non-hydrogen) atoms. The van der Waals surface area contributed by atoms with Crippen molar-refractivity contribution < 1.29 is 5.11 Å². The first-order chi connectivity index (χ1) is 14.0. The van der Waals surface area contributed by atoms with Gasteiger partial charge >= 0.3 is 0 Å². The van der Waals surface area contributed by atoms with Crippen LogP contribution in [0.1, 0.15) is 113 Å². The van der Waals surface area contributed by atoms with E-state index in [4.69, 9.17) is 0 Å². The van der Waals surface area contributed by atoms with Gasteiger partial charge in [0.1, 0.15) is 0 Å². The van der Waals surface area contributed by atoms with Gasteiger partial charge < -0.3 is 5.11 Å². The van der Waals surface area contributed by atoms with E-state index in [0.29, 0.717) is 10.8 Å². The molecule has 1 heteroatoms. The minimum absolute atomic E-state index is 0.0398. The summed E-state index contributed by atoms with van der Waals surface area (Å²) in [5, 5.41) is 10.7. The van der Waals surface area contributed by atoms with E-state index in [1.165, 1.54) is 57.8 Å². The van der Waals surface area contributed by atoms with Crippen LogP contribution in [0.25, 0.3) is 0 Å². The molecule has 3 saturated carbocycles.